The van der Waals surface area contributed by atoms with Gasteiger partial charge >= 0.3 is 0 Å². The molecule has 2 fully saturated rings. The number of pyridine rings is 1. The van der Waals surface area contributed by atoms with E-state index in [1.54, 1.807) is 35.9 Å². The van der Waals surface area contributed by atoms with E-state index in [-0.39, 0.29) is 23.1 Å². The molecule has 1 amide bonds. The molecule has 188 valence electrons. The fourth-order valence-electron chi connectivity index (χ4n) is 5.11. The van der Waals surface area contributed by atoms with E-state index in [4.69, 9.17) is 9.84 Å². The van der Waals surface area contributed by atoms with Gasteiger partial charge in [-0.25, -0.2) is 12.8 Å². The third kappa shape index (κ3) is 4.41. The topological polar surface area (TPSA) is 127 Å². The minimum atomic E-state index is -3.12. The van der Waals surface area contributed by atoms with Crippen LogP contribution in [0.25, 0.3) is 22.3 Å². The standard InChI is InChI=1S/C25H26FN5O4S/c1-15(26)35-19-6-4-5-16(7-19)21-22-20(31(30-21)18-9-24(2,10-18)12-27)8-17(11-28-22)23(32)29-25(3)13-36(33,34)14-25/h4-8,11,15,18H,9-10,13-14H2,1-3H3,(H,29,32). The Labute approximate surface area is 208 Å². The number of carbonyl (C=O) groups excluding carboxylic acids is 1. The number of rotatable bonds is 6. The summed E-state index contributed by atoms with van der Waals surface area (Å²) in [6.45, 7) is 4.90. The molecule has 1 aromatic carbocycles. The van der Waals surface area contributed by atoms with Crippen molar-refractivity contribution in [3.05, 3.63) is 42.1 Å². The zero-order chi connectivity index (χ0) is 25.9. The van der Waals surface area contributed by atoms with Crippen LogP contribution in [0.1, 0.15) is 50.0 Å². The Morgan fingerprint density at radius 2 is 2.03 bits per heavy atom. The number of halogens is 1. The van der Waals surface area contributed by atoms with Gasteiger partial charge in [-0.3, -0.25) is 14.5 Å². The molecule has 3 aromatic rings. The molecular formula is C25H26FN5O4S. The van der Waals surface area contributed by atoms with Crippen molar-refractivity contribution >= 4 is 26.8 Å². The summed E-state index contributed by atoms with van der Waals surface area (Å²) >= 11 is 0. The minimum Gasteiger partial charge on any atom is -0.461 e. The number of sulfone groups is 1. The number of nitrogens with zero attached hydrogens (tertiary/aromatic N) is 4. The van der Waals surface area contributed by atoms with Gasteiger partial charge in [0, 0.05) is 18.7 Å². The van der Waals surface area contributed by atoms with Gasteiger partial charge in [0.05, 0.1) is 45.7 Å². The molecule has 11 heteroatoms. The molecule has 1 unspecified atom stereocenters. The Morgan fingerprint density at radius 1 is 1.31 bits per heavy atom. The quantitative estimate of drug-likeness (QED) is 0.536. The maximum Gasteiger partial charge on any atom is 0.253 e. The first-order valence-corrected chi connectivity index (χ1v) is 13.5. The Kier molecular flexibility index (Phi) is 5.55. The van der Waals surface area contributed by atoms with Gasteiger partial charge in [0.2, 0.25) is 6.36 Å². The van der Waals surface area contributed by atoms with E-state index in [0.29, 0.717) is 40.9 Å². The first kappa shape index (κ1) is 24.2. The van der Waals surface area contributed by atoms with Gasteiger partial charge in [-0.1, -0.05) is 12.1 Å². The monoisotopic (exact) mass is 511 g/mol. The summed E-state index contributed by atoms with van der Waals surface area (Å²) in [7, 11) is -3.12. The van der Waals surface area contributed by atoms with Gasteiger partial charge in [-0.2, -0.15) is 10.4 Å². The van der Waals surface area contributed by atoms with Crippen molar-refractivity contribution in [1.29, 1.82) is 5.26 Å². The van der Waals surface area contributed by atoms with Crippen molar-refractivity contribution in [3.8, 4) is 23.1 Å². The van der Waals surface area contributed by atoms with E-state index in [1.165, 1.54) is 13.1 Å². The van der Waals surface area contributed by atoms with E-state index in [1.807, 2.05) is 13.0 Å². The molecule has 1 saturated carbocycles. The number of fused-ring (bicyclic) bond motifs is 1. The minimum absolute atomic E-state index is 0.0504. The average Bonchev–Trinajstić information content (AvgIpc) is 3.13. The summed E-state index contributed by atoms with van der Waals surface area (Å²) in [5, 5.41) is 17.1. The zero-order valence-electron chi connectivity index (χ0n) is 20.2. The maximum atomic E-state index is 13.4. The third-order valence-electron chi connectivity index (χ3n) is 6.69. The van der Waals surface area contributed by atoms with Crippen LogP contribution < -0.4 is 10.1 Å². The van der Waals surface area contributed by atoms with Crippen LogP contribution in [-0.2, 0) is 9.84 Å². The fourth-order valence-corrected chi connectivity index (χ4v) is 7.11. The number of ether oxygens (including phenoxy) is 1. The lowest BCUT2D eigenvalue weighted by atomic mass is 9.68. The van der Waals surface area contributed by atoms with E-state index < -0.39 is 33.1 Å². The van der Waals surface area contributed by atoms with Crippen LogP contribution >= 0.6 is 0 Å². The highest BCUT2D eigenvalue weighted by Gasteiger charge is 2.46. The van der Waals surface area contributed by atoms with Crippen LogP contribution in [-0.4, -0.2) is 52.5 Å². The molecule has 2 aromatic heterocycles. The van der Waals surface area contributed by atoms with Crippen LogP contribution in [0.15, 0.2) is 36.5 Å². The maximum absolute atomic E-state index is 13.4. The molecule has 1 atom stereocenters. The van der Waals surface area contributed by atoms with Crippen molar-refractivity contribution in [1.82, 2.24) is 20.1 Å². The van der Waals surface area contributed by atoms with Crippen molar-refractivity contribution in [3.63, 3.8) is 0 Å². The molecule has 1 aliphatic heterocycles. The average molecular weight is 512 g/mol. The molecule has 0 spiro atoms. The van der Waals surface area contributed by atoms with Crippen molar-refractivity contribution < 1.29 is 22.3 Å². The molecular weight excluding hydrogens is 485 g/mol. The zero-order valence-corrected chi connectivity index (χ0v) is 21.0. The van der Waals surface area contributed by atoms with Gasteiger partial charge in [0.25, 0.3) is 5.91 Å². The van der Waals surface area contributed by atoms with Crippen molar-refractivity contribution in [2.24, 2.45) is 5.41 Å². The highest BCUT2D eigenvalue weighted by molar-refractivity contribution is 7.93. The van der Waals surface area contributed by atoms with Crippen LogP contribution in [0.3, 0.4) is 0 Å². The summed E-state index contributed by atoms with van der Waals surface area (Å²) in [5.74, 6) is -0.271. The van der Waals surface area contributed by atoms with E-state index >= 15 is 0 Å². The second kappa shape index (κ2) is 8.27. The first-order valence-electron chi connectivity index (χ1n) is 11.6. The number of nitriles is 1. The molecule has 2 aliphatic rings. The summed E-state index contributed by atoms with van der Waals surface area (Å²) < 4.78 is 43.6. The van der Waals surface area contributed by atoms with Gasteiger partial charge in [0.1, 0.15) is 17.0 Å². The lowest BCUT2D eigenvalue weighted by Crippen LogP contribution is -2.63. The van der Waals surface area contributed by atoms with Gasteiger partial charge in [-0.15, -0.1) is 0 Å². The number of carbonyl (C=O) groups is 1. The number of hydrogen-bond donors (Lipinski definition) is 1. The van der Waals surface area contributed by atoms with Crippen LogP contribution in [0.4, 0.5) is 4.39 Å². The van der Waals surface area contributed by atoms with E-state index in [2.05, 4.69) is 16.4 Å². The number of benzene rings is 1. The molecule has 9 nitrogen and oxygen atoms in total. The SMILES string of the molecule is CC(F)Oc1cccc(-c2nn(C3CC(C)(C#N)C3)c3cc(C(=O)NC4(C)CS(=O)(=O)C4)cnc23)c1. The summed E-state index contributed by atoms with van der Waals surface area (Å²) in [4.78, 5) is 17.5. The van der Waals surface area contributed by atoms with Crippen molar-refractivity contribution in [2.45, 2.75) is 51.6 Å². The predicted octanol–water partition coefficient (Wildman–Crippen LogP) is 3.57. The van der Waals surface area contributed by atoms with E-state index in [0.717, 1.165) is 0 Å². The van der Waals surface area contributed by atoms with Gasteiger partial charge in [-0.05, 0) is 44.9 Å². The summed E-state index contributed by atoms with van der Waals surface area (Å²) in [5.41, 5.74) is 1.44. The highest BCUT2D eigenvalue weighted by atomic mass is 32.2. The molecule has 3 heterocycles. The molecule has 1 aliphatic carbocycles. The molecule has 36 heavy (non-hydrogen) atoms. The van der Waals surface area contributed by atoms with Crippen LogP contribution in [0, 0.1) is 16.7 Å². The normalized spacial score (nSPS) is 24.7. The molecule has 5 rings (SSSR count). The smallest absolute Gasteiger partial charge is 0.253 e. The lowest BCUT2D eigenvalue weighted by molar-refractivity contribution is 0.0860. The second-order valence-electron chi connectivity index (χ2n) is 10.4. The third-order valence-corrected chi connectivity index (χ3v) is 8.85. The molecule has 0 bridgehead atoms. The van der Waals surface area contributed by atoms with Crippen LogP contribution in [0.5, 0.6) is 5.75 Å². The summed E-state index contributed by atoms with van der Waals surface area (Å²) in [6, 6.07) is 10.9. The Morgan fingerprint density at radius 3 is 2.67 bits per heavy atom. The Bertz CT molecular complexity index is 1510. The number of alkyl halides is 1. The number of hydrogen-bond acceptors (Lipinski definition) is 7. The van der Waals surface area contributed by atoms with E-state index in [9.17, 15) is 22.9 Å². The lowest BCUT2D eigenvalue weighted by Gasteiger charge is -2.40. The number of aromatic nitrogens is 3. The Hall–Kier alpha value is -3.52. The largest absolute Gasteiger partial charge is 0.461 e. The van der Waals surface area contributed by atoms with Gasteiger partial charge < -0.3 is 10.1 Å². The second-order valence-corrected chi connectivity index (χ2v) is 12.4. The van der Waals surface area contributed by atoms with Crippen molar-refractivity contribution in [2.75, 3.05) is 11.5 Å². The predicted molar refractivity (Wildman–Crippen MR) is 131 cm³/mol. The number of nitrogens with one attached hydrogen (secondary N) is 1. The van der Waals surface area contributed by atoms with Crippen LogP contribution in [0.2, 0.25) is 0 Å². The molecule has 0 radical (unpaired) electrons. The number of amides is 1. The molecule has 1 N–H and O–H groups in total. The fraction of sp³-hybridized carbons (Fsp3) is 0.440. The Balaban J connectivity index is 1.54. The molecule has 1 saturated heterocycles. The summed E-state index contributed by atoms with van der Waals surface area (Å²) in [6.07, 6.45) is 1.18. The highest BCUT2D eigenvalue weighted by Crippen LogP contribution is 2.49. The first-order chi connectivity index (χ1) is 16.9. The van der Waals surface area contributed by atoms with Gasteiger partial charge in [0.15, 0.2) is 9.84 Å².